The van der Waals surface area contributed by atoms with E-state index >= 15 is 0 Å². The number of carbonyl (C=O) groups is 2. The van der Waals surface area contributed by atoms with Crippen LogP contribution in [0, 0.1) is 0 Å². The van der Waals surface area contributed by atoms with Gasteiger partial charge in [-0.3, -0.25) is 4.79 Å². The number of carbonyl (C=O) groups excluding carboxylic acids is 2. The van der Waals surface area contributed by atoms with E-state index in [-0.39, 0.29) is 19.0 Å². The number of aliphatic imine (C=N–C) groups is 1. The molecule has 2 heterocycles. The van der Waals surface area contributed by atoms with Gasteiger partial charge >= 0.3 is 11.9 Å². The fraction of sp³-hybridized carbons (Fsp3) is 0.381. The quantitative estimate of drug-likeness (QED) is 0.626. The largest absolute Gasteiger partial charge is 0.497 e. The number of hydrogen-bond donors (Lipinski definition) is 0. The molecule has 1 aromatic carbocycles. The van der Waals surface area contributed by atoms with Gasteiger partial charge in [0.1, 0.15) is 5.75 Å². The van der Waals surface area contributed by atoms with Gasteiger partial charge in [0, 0.05) is 5.70 Å². The van der Waals surface area contributed by atoms with Gasteiger partial charge in [0.25, 0.3) is 0 Å². The van der Waals surface area contributed by atoms with E-state index in [1.54, 1.807) is 27.9 Å². The zero-order valence-electron chi connectivity index (χ0n) is 16.9. The lowest BCUT2D eigenvalue weighted by Crippen LogP contribution is -2.37. The van der Waals surface area contributed by atoms with Gasteiger partial charge in [-0.2, -0.15) is 0 Å². The van der Waals surface area contributed by atoms with Crippen molar-refractivity contribution in [2.24, 2.45) is 4.99 Å². The molecule has 0 amide bonds. The van der Waals surface area contributed by atoms with Gasteiger partial charge in [0.15, 0.2) is 5.17 Å². The molecule has 0 radical (unpaired) electrons. The van der Waals surface area contributed by atoms with Crippen LogP contribution in [0.4, 0.5) is 0 Å². The molecule has 1 atom stereocenters. The maximum atomic E-state index is 12.8. The molecule has 2 aliphatic heterocycles. The Morgan fingerprint density at radius 1 is 1.21 bits per heavy atom. The van der Waals surface area contributed by atoms with Crippen LogP contribution in [0.5, 0.6) is 5.75 Å². The van der Waals surface area contributed by atoms with E-state index in [2.05, 4.69) is 4.99 Å². The van der Waals surface area contributed by atoms with E-state index < -0.39 is 12.0 Å². The first-order valence-corrected chi connectivity index (χ1v) is 10.3. The van der Waals surface area contributed by atoms with Crippen LogP contribution in [0.25, 0.3) is 0 Å². The number of allylic oxidation sites excluding steroid dienone is 1. The van der Waals surface area contributed by atoms with Crippen molar-refractivity contribution in [1.82, 2.24) is 4.90 Å². The summed E-state index contributed by atoms with van der Waals surface area (Å²) in [6.07, 6.45) is 0.0927. The van der Waals surface area contributed by atoms with Crippen molar-refractivity contribution in [3.8, 4) is 5.75 Å². The molecule has 3 rings (SSSR count). The first-order valence-electron chi connectivity index (χ1n) is 9.41. The minimum atomic E-state index is -0.479. The van der Waals surface area contributed by atoms with Crippen LogP contribution in [0.1, 0.15) is 38.8 Å². The van der Waals surface area contributed by atoms with Crippen LogP contribution in [-0.4, -0.2) is 42.3 Å². The number of amidine groups is 1. The molecular formula is C21H24N2O5S. The Hall–Kier alpha value is -2.74. The SMILES string of the molecule is CCOC(=O)CC1=CSC2=NC(C)=C(C(=O)OCC)C(c3cccc(OC)c3)N12. The summed E-state index contributed by atoms with van der Waals surface area (Å²) >= 11 is 1.42. The monoisotopic (exact) mass is 416 g/mol. The standard InChI is InChI=1S/C21H24N2O5S/c1-5-27-17(24)11-15-12-29-21-22-13(3)18(20(25)28-6-2)19(23(15)21)14-8-7-9-16(10-14)26-4/h7-10,12,19H,5-6,11H2,1-4H3. The van der Waals surface area contributed by atoms with Crippen molar-refractivity contribution in [3.63, 3.8) is 0 Å². The molecule has 0 aliphatic carbocycles. The van der Waals surface area contributed by atoms with Gasteiger partial charge in [-0.05, 0) is 43.9 Å². The van der Waals surface area contributed by atoms with Crippen LogP contribution in [-0.2, 0) is 19.1 Å². The van der Waals surface area contributed by atoms with Gasteiger partial charge in [-0.1, -0.05) is 23.9 Å². The summed E-state index contributed by atoms with van der Waals surface area (Å²) in [7, 11) is 1.60. The normalized spacial score (nSPS) is 18.1. The Balaban J connectivity index is 2.07. The molecule has 0 saturated carbocycles. The number of methoxy groups -OCH3 is 1. The molecule has 0 fully saturated rings. The van der Waals surface area contributed by atoms with Crippen LogP contribution in [0.15, 0.2) is 51.6 Å². The molecule has 154 valence electrons. The summed E-state index contributed by atoms with van der Waals surface area (Å²) in [6, 6.07) is 7.04. The van der Waals surface area contributed by atoms with Gasteiger partial charge in [0.2, 0.25) is 0 Å². The van der Waals surface area contributed by atoms with Gasteiger partial charge in [0.05, 0.1) is 44.1 Å². The summed E-state index contributed by atoms with van der Waals surface area (Å²) in [4.78, 5) is 31.5. The van der Waals surface area contributed by atoms with Crippen molar-refractivity contribution in [2.75, 3.05) is 20.3 Å². The number of thioether (sulfide) groups is 1. The first kappa shape index (κ1) is 21.0. The highest BCUT2D eigenvalue weighted by Gasteiger charge is 2.41. The van der Waals surface area contributed by atoms with E-state index in [0.717, 1.165) is 11.3 Å². The summed E-state index contributed by atoms with van der Waals surface area (Å²) in [5, 5.41) is 2.59. The molecule has 29 heavy (non-hydrogen) atoms. The zero-order valence-corrected chi connectivity index (χ0v) is 17.7. The van der Waals surface area contributed by atoms with Crippen molar-refractivity contribution >= 4 is 28.9 Å². The predicted octanol–water partition coefficient (Wildman–Crippen LogP) is 3.79. The molecule has 2 aliphatic rings. The molecular weight excluding hydrogens is 392 g/mol. The molecule has 0 N–H and O–H groups in total. The number of hydrogen-bond acceptors (Lipinski definition) is 8. The van der Waals surface area contributed by atoms with Gasteiger partial charge < -0.3 is 19.1 Å². The Bertz CT molecular complexity index is 906. The van der Waals surface area contributed by atoms with E-state index in [4.69, 9.17) is 14.2 Å². The molecule has 7 nitrogen and oxygen atoms in total. The second-order valence-electron chi connectivity index (χ2n) is 6.37. The molecule has 0 saturated heterocycles. The average Bonchev–Trinajstić information content (AvgIpc) is 3.09. The Kier molecular flexibility index (Phi) is 6.64. The smallest absolute Gasteiger partial charge is 0.338 e. The number of esters is 2. The number of ether oxygens (including phenoxy) is 3. The fourth-order valence-corrected chi connectivity index (χ4v) is 4.29. The highest BCUT2D eigenvalue weighted by molar-refractivity contribution is 8.16. The molecule has 0 spiro atoms. The summed E-state index contributed by atoms with van der Waals surface area (Å²) < 4.78 is 15.8. The molecule has 0 bridgehead atoms. The highest BCUT2D eigenvalue weighted by Crippen LogP contribution is 2.45. The van der Waals surface area contributed by atoms with Crippen LogP contribution < -0.4 is 4.74 Å². The van der Waals surface area contributed by atoms with Crippen molar-refractivity contribution in [3.05, 3.63) is 52.2 Å². The molecule has 8 heteroatoms. The second kappa shape index (κ2) is 9.17. The fourth-order valence-electron chi connectivity index (χ4n) is 3.33. The lowest BCUT2D eigenvalue weighted by atomic mass is 9.93. The predicted molar refractivity (Wildman–Crippen MR) is 111 cm³/mol. The van der Waals surface area contributed by atoms with Crippen LogP contribution in [0.2, 0.25) is 0 Å². The van der Waals surface area contributed by atoms with E-state index in [1.165, 1.54) is 11.8 Å². The number of fused-ring (bicyclic) bond motifs is 1. The molecule has 1 aromatic rings. The van der Waals surface area contributed by atoms with Crippen molar-refractivity contribution in [1.29, 1.82) is 0 Å². The maximum absolute atomic E-state index is 12.8. The maximum Gasteiger partial charge on any atom is 0.338 e. The lowest BCUT2D eigenvalue weighted by molar-refractivity contribution is -0.142. The first-order chi connectivity index (χ1) is 14.0. The van der Waals surface area contributed by atoms with E-state index in [0.29, 0.717) is 28.8 Å². The van der Waals surface area contributed by atoms with E-state index in [9.17, 15) is 9.59 Å². The third-order valence-corrected chi connectivity index (χ3v) is 5.43. The van der Waals surface area contributed by atoms with Crippen LogP contribution >= 0.6 is 11.8 Å². The molecule has 0 aromatic heterocycles. The number of rotatable bonds is 7. The summed E-state index contributed by atoms with van der Waals surface area (Å²) in [6.45, 7) is 5.91. The highest BCUT2D eigenvalue weighted by atomic mass is 32.2. The minimum absolute atomic E-state index is 0.0927. The Labute approximate surface area is 174 Å². The van der Waals surface area contributed by atoms with E-state index in [1.807, 2.05) is 34.6 Å². The lowest BCUT2D eigenvalue weighted by Gasteiger charge is -2.36. The summed E-state index contributed by atoms with van der Waals surface area (Å²) in [5.74, 6) is -0.0721. The Morgan fingerprint density at radius 3 is 2.66 bits per heavy atom. The second-order valence-corrected chi connectivity index (χ2v) is 7.21. The van der Waals surface area contributed by atoms with Gasteiger partial charge in [-0.15, -0.1) is 0 Å². The van der Waals surface area contributed by atoms with Crippen molar-refractivity contribution in [2.45, 2.75) is 33.2 Å². The minimum Gasteiger partial charge on any atom is -0.497 e. The Morgan fingerprint density at radius 2 is 1.97 bits per heavy atom. The number of benzene rings is 1. The third-order valence-electron chi connectivity index (χ3n) is 4.54. The van der Waals surface area contributed by atoms with Gasteiger partial charge in [-0.25, -0.2) is 9.79 Å². The topological polar surface area (TPSA) is 77.4 Å². The average molecular weight is 416 g/mol. The number of nitrogens with zero attached hydrogens (tertiary/aromatic N) is 2. The zero-order chi connectivity index (χ0) is 21.0. The van der Waals surface area contributed by atoms with Crippen LogP contribution in [0.3, 0.4) is 0 Å². The summed E-state index contributed by atoms with van der Waals surface area (Å²) in [5.41, 5.74) is 2.62. The third kappa shape index (κ3) is 4.32. The van der Waals surface area contributed by atoms with Crippen molar-refractivity contribution < 1.29 is 23.8 Å². The molecule has 1 unspecified atom stereocenters.